The summed E-state index contributed by atoms with van der Waals surface area (Å²) in [5.74, 6) is 0.930. The van der Waals surface area contributed by atoms with Crippen LogP contribution in [0.1, 0.15) is 37.7 Å². The number of anilines is 1. The second-order valence-electron chi connectivity index (χ2n) is 5.62. The molecule has 2 aliphatic rings. The largest absolute Gasteiger partial charge is 0.368 e. The molecule has 1 aromatic carbocycles. The molecule has 0 spiro atoms. The maximum Gasteiger partial charge on any atom is 0.0383 e. The van der Waals surface area contributed by atoms with E-state index in [1.807, 2.05) is 0 Å². The molecule has 2 fully saturated rings. The van der Waals surface area contributed by atoms with Crippen LogP contribution < -0.4 is 10.6 Å². The van der Waals surface area contributed by atoms with Crippen LogP contribution in [-0.2, 0) is 6.54 Å². The van der Waals surface area contributed by atoms with Crippen LogP contribution in [0.2, 0.25) is 0 Å². The molecule has 0 radical (unpaired) electrons. The van der Waals surface area contributed by atoms with E-state index in [0.29, 0.717) is 6.54 Å². The maximum absolute atomic E-state index is 5.78. The van der Waals surface area contributed by atoms with Gasteiger partial charge in [0, 0.05) is 29.3 Å². The Bertz CT molecular complexity index is 433. The summed E-state index contributed by atoms with van der Waals surface area (Å²) < 4.78 is 1.15. The summed E-state index contributed by atoms with van der Waals surface area (Å²) in [6.07, 6.45) is 7.00. The third-order valence-electron chi connectivity index (χ3n) is 4.52. The van der Waals surface area contributed by atoms with Gasteiger partial charge >= 0.3 is 0 Å². The molecule has 1 aromatic rings. The van der Waals surface area contributed by atoms with Crippen LogP contribution in [0.15, 0.2) is 22.7 Å². The molecular formula is C15H21BrN2. The van der Waals surface area contributed by atoms with Crippen molar-refractivity contribution in [3.63, 3.8) is 0 Å². The third kappa shape index (κ3) is 2.30. The molecule has 1 heterocycles. The van der Waals surface area contributed by atoms with Crippen LogP contribution in [0.5, 0.6) is 0 Å². The molecule has 0 aromatic heterocycles. The third-order valence-corrected chi connectivity index (χ3v) is 4.98. The molecule has 3 rings (SSSR count). The molecule has 0 bridgehead atoms. The van der Waals surface area contributed by atoms with Crippen LogP contribution >= 0.6 is 15.9 Å². The number of nitrogens with two attached hydrogens (primary N) is 1. The monoisotopic (exact) mass is 308 g/mol. The van der Waals surface area contributed by atoms with Crippen LogP contribution in [0, 0.1) is 5.92 Å². The maximum atomic E-state index is 5.78. The molecule has 2 unspecified atom stereocenters. The normalized spacial score (nSPS) is 27.3. The van der Waals surface area contributed by atoms with Crippen molar-refractivity contribution in [3.8, 4) is 0 Å². The highest BCUT2D eigenvalue weighted by molar-refractivity contribution is 9.10. The van der Waals surface area contributed by atoms with Crippen LogP contribution in [0.25, 0.3) is 0 Å². The zero-order chi connectivity index (χ0) is 12.5. The first-order valence-electron chi connectivity index (χ1n) is 7.04. The summed E-state index contributed by atoms with van der Waals surface area (Å²) in [6, 6.07) is 7.41. The van der Waals surface area contributed by atoms with Gasteiger partial charge in [0.2, 0.25) is 0 Å². The van der Waals surface area contributed by atoms with E-state index in [9.17, 15) is 0 Å². The first-order chi connectivity index (χ1) is 8.78. The number of fused-ring (bicyclic) bond motifs is 1. The fourth-order valence-corrected chi connectivity index (χ4v) is 4.17. The van der Waals surface area contributed by atoms with Crippen molar-refractivity contribution >= 4 is 21.6 Å². The first kappa shape index (κ1) is 12.5. The molecule has 2 N–H and O–H groups in total. The molecule has 0 amide bonds. The van der Waals surface area contributed by atoms with E-state index >= 15 is 0 Å². The summed E-state index contributed by atoms with van der Waals surface area (Å²) in [6.45, 7) is 1.84. The Morgan fingerprint density at radius 3 is 2.83 bits per heavy atom. The predicted molar refractivity (Wildman–Crippen MR) is 79.7 cm³/mol. The number of nitrogens with zero attached hydrogens (tertiary/aromatic N) is 1. The molecule has 98 valence electrons. The molecule has 2 nitrogen and oxygen atoms in total. The van der Waals surface area contributed by atoms with E-state index in [4.69, 9.17) is 5.73 Å². The lowest BCUT2D eigenvalue weighted by molar-refractivity contribution is 0.342. The second kappa shape index (κ2) is 5.22. The average Bonchev–Trinajstić information content (AvgIpc) is 2.81. The molecule has 1 saturated carbocycles. The van der Waals surface area contributed by atoms with E-state index in [0.717, 1.165) is 16.4 Å². The van der Waals surface area contributed by atoms with E-state index in [-0.39, 0.29) is 0 Å². The van der Waals surface area contributed by atoms with Crippen LogP contribution in [0.3, 0.4) is 0 Å². The van der Waals surface area contributed by atoms with Crippen molar-refractivity contribution in [2.75, 3.05) is 11.4 Å². The molecule has 1 saturated heterocycles. The topological polar surface area (TPSA) is 29.3 Å². The fourth-order valence-electron chi connectivity index (χ4n) is 3.64. The van der Waals surface area contributed by atoms with E-state index < -0.39 is 0 Å². The number of halogens is 1. The highest BCUT2D eigenvalue weighted by atomic mass is 79.9. The van der Waals surface area contributed by atoms with Gasteiger partial charge in [0.1, 0.15) is 0 Å². The molecule has 1 aliphatic carbocycles. The highest BCUT2D eigenvalue weighted by Crippen LogP contribution is 2.39. The Morgan fingerprint density at radius 2 is 2.00 bits per heavy atom. The van der Waals surface area contributed by atoms with E-state index in [2.05, 4.69) is 39.0 Å². The number of hydrogen-bond acceptors (Lipinski definition) is 2. The minimum Gasteiger partial charge on any atom is -0.368 e. The van der Waals surface area contributed by atoms with Gasteiger partial charge in [-0.15, -0.1) is 0 Å². The molecule has 1 aliphatic heterocycles. The lowest BCUT2D eigenvalue weighted by atomic mass is 9.85. The predicted octanol–water partition coefficient (Wildman–Crippen LogP) is 3.68. The number of hydrogen-bond donors (Lipinski definition) is 1. The minimum absolute atomic E-state index is 0.619. The number of rotatable bonds is 2. The Balaban J connectivity index is 1.88. The van der Waals surface area contributed by atoms with Crippen LogP contribution in [0.4, 0.5) is 5.69 Å². The van der Waals surface area contributed by atoms with Gasteiger partial charge in [0.15, 0.2) is 0 Å². The quantitative estimate of drug-likeness (QED) is 0.903. The zero-order valence-electron chi connectivity index (χ0n) is 10.7. The van der Waals surface area contributed by atoms with Crippen molar-refractivity contribution < 1.29 is 0 Å². The number of benzene rings is 1. The molecule has 18 heavy (non-hydrogen) atoms. The Kier molecular flexibility index (Phi) is 3.62. The van der Waals surface area contributed by atoms with Crippen molar-refractivity contribution in [1.82, 2.24) is 0 Å². The standard InChI is InChI=1S/C15H21BrN2/c16-13-7-11(10-17)8-14(9-13)18-6-5-12-3-1-2-4-15(12)18/h7-9,12,15H,1-6,10,17H2. The Labute approximate surface area is 118 Å². The molecule has 2 atom stereocenters. The van der Waals surface area contributed by atoms with Crippen molar-refractivity contribution in [3.05, 3.63) is 28.2 Å². The van der Waals surface area contributed by atoms with E-state index in [1.165, 1.54) is 49.9 Å². The molecular weight excluding hydrogens is 288 g/mol. The van der Waals surface area contributed by atoms with Crippen LogP contribution in [-0.4, -0.2) is 12.6 Å². The summed E-state index contributed by atoms with van der Waals surface area (Å²) in [4.78, 5) is 2.62. The summed E-state index contributed by atoms with van der Waals surface area (Å²) in [5, 5.41) is 0. The van der Waals surface area contributed by atoms with Gasteiger partial charge in [0.25, 0.3) is 0 Å². The van der Waals surface area contributed by atoms with Crippen molar-refractivity contribution in [2.45, 2.75) is 44.7 Å². The lowest BCUT2D eigenvalue weighted by Gasteiger charge is -2.33. The minimum atomic E-state index is 0.619. The van der Waals surface area contributed by atoms with Crippen molar-refractivity contribution in [1.29, 1.82) is 0 Å². The second-order valence-corrected chi connectivity index (χ2v) is 6.53. The highest BCUT2D eigenvalue weighted by Gasteiger charge is 2.35. The van der Waals surface area contributed by atoms with Gasteiger partial charge in [-0.3, -0.25) is 0 Å². The van der Waals surface area contributed by atoms with Gasteiger partial charge in [-0.1, -0.05) is 28.8 Å². The fraction of sp³-hybridized carbons (Fsp3) is 0.600. The Hall–Kier alpha value is -0.540. The van der Waals surface area contributed by atoms with Crippen molar-refractivity contribution in [2.24, 2.45) is 11.7 Å². The van der Waals surface area contributed by atoms with Gasteiger partial charge in [-0.05, 0) is 48.9 Å². The Morgan fingerprint density at radius 1 is 1.17 bits per heavy atom. The van der Waals surface area contributed by atoms with Gasteiger partial charge in [-0.25, -0.2) is 0 Å². The zero-order valence-corrected chi connectivity index (χ0v) is 12.3. The lowest BCUT2D eigenvalue weighted by Crippen LogP contribution is -2.34. The summed E-state index contributed by atoms with van der Waals surface area (Å²) >= 11 is 3.61. The molecule has 3 heteroatoms. The van der Waals surface area contributed by atoms with Gasteiger partial charge in [-0.2, -0.15) is 0 Å². The van der Waals surface area contributed by atoms with E-state index in [1.54, 1.807) is 0 Å². The SMILES string of the molecule is NCc1cc(Br)cc(N2CCC3CCCCC32)c1. The smallest absolute Gasteiger partial charge is 0.0383 e. The van der Waals surface area contributed by atoms with Gasteiger partial charge in [0.05, 0.1) is 0 Å². The first-order valence-corrected chi connectivity index (χ1v) is 7.83. The summed E-state index contributed by atoms with van der Waals surface area (Å²) in [5.41, 5.74) is 8.36. The average molecular weight is 309 g/mol. The summed E-state index contributed by atoms with van der Waals surface area (Å²) in [7, 11) is 0. The van der Waals surface area contributed by atoms with Gasteiger partial charge < -0.3 is 10.6 Å².